The zero-order valence-electron chi connectivity index (χ0n) is 10.6. The van der Waals surface area contributed by atoms with Gasteiger partial charge in [0.1, 0.15) is 0 Å². The molecule has 1 heterocycles. The first-order valence-corrected chi connectivity index (χ1v) is 5.79. The van der Waals surface area contributed by atoms with Gasteiger partial charge in [0.2, 0.25) is 0 Å². The molecule has 0 bridgehead atoms. The van der Waals surface area contributed by atoms with E-state index in [1.807, 2.05) is 17.8 Å². The summed E-state index contributed by atoms with van der Waals surface area (Å²) < 4.78 is 1.98. The number of rotatable bonds is 3. The van der Waals surface area contributed by atoms with E-state index in [1.54, 1.807) is 19.6 Å². The number of imidazole rings is 1. The van der Waals surface area contributed by atoms with Crippen LogP contribution in [0.4, 0.5) is 0 Å². The van der Waals surface area contributed by atoms with Crippen LogP contribution in [-0.2, 0) is 6.54 Å². The van der Waals surface area contributed by atoms with E-state index in [0.29, 0.717) is 0 Å². The van der Waals surface area contributed by atoms with Crippen molar-refractivity contribution < 1.29 is 0 Å². The summed E-state index contributed by atoms with van der Waals surface area (Å²) in [4.78, 5) is 8.09. The van der Waals surface area contributed by atoms with Crippen LogP contribution in [0.5, 0.6) is 0 Å². The first-order valence-electron chi connectivity index (χ1n) is 5.79. The highest BCUT2D eigenvalue weighted by atomic mass is 15.1. The zero-order chi connectivity index (χ0) is 12.8. The molecule has 0 radical (unpaired) electrons. The Hall–Kier alpha value is -2.30. The van der Waals surface area contributed by atoms with E-state index in [0.717, 1.165) is 18.2 Å². The maximum Gasteiger partial charge on any atom is 0.190 e. The quantitative estimate of drug-likeness (QED) is 0.628. The van der Waals surface area contributed by atoms with Crippen LogP contribution in [0.3, 0.4) is 0 Å². The van der Waals surface area contributed by atoms with Gasteiger partial charge in [-0.3, -0.25) is 4.99 Å². The van der Waals surface area contributed by atoms with Gasteiger partial charge in [0, 0.05) is 38.7 Å². The lowest BCUT2D eigenvalue weighted by molar-refractivity contribution is 0.865. The summed E-state index contributed by atoms with van der Waals surface area (Å²) >= 11 is 0. The summed E-state index contributed by atoms with van der Waals surface area (Å²) in [6.07, 6.45) is 5.48. The molecule has 5 heteroatoms. The average Bonchev–Trinajstić information content (AvgIpc) is 2.94. The van der Waals surface area contributed by atoms with E-state index < -0.39 is 0 Å². The van der Waals surface area contributed by atoms with E-state index in [1.165, 1.54) is 5.56 Å². The lowest BCUT2D eigenvalue weighted by atomic mass is 10.2. The lowest BCUT2D eigenvalue weighted by Gasteiger charge is -2.09. The maximum absolute atomic E-state index is 4.06. The predicted octanol–water partition coefficient (Wildman–Crippen LogP) is 1.17. The summed E-state index contributed by atoms with van der Waals surface area (Å²) in [6, 6.07) is 8.32. The summed E-state index contributed by atoms with van der Waals surface area (Å²) in [5.41, 5.74) is 2.31. The molecule has 0 atom stereocenters. The van der Waals surface area contributed by atoms with E-state index in [9.17, 15) is 0 Å². The van der Waals surface area contributed by atoms with Gasteiger partial charge in [-0.15, -0.1) is 0 Å². The Labute approximate surface area is 107 Å². The number of hydrogen-bond donors (Lipinski definition) is 2. The van der Waals surface area contributed by atoms with Crippen molar-refractivity contribution in [2.75, 3.05) is 14.1 Å². The lowest BCUT2D eigenvalue weighted by Crippen LogP contribution is -2.34. The molecule has 18 heavy (non-hydrogen) atoms. The van der Waals surface area contributed by atoms with Crippen LogP contribution in [0.2, 0.25) is 0 Å². The molecular formula is C13H17N5. The van der Waals surface area contributed by atoms with Gasteiger partial charge in [-0.2, -0.15) is 0 Å². The van der Waals surface area contributed by atoms with Gasteiger partial charge in [-0.25, -0.2) is 4.98 Å². The van der Waals surface area contributed by atoms with Crippen molar-refractivity contribution in [3.63, 3.8) is 0 Å². The number of hydrogen-bond acceptors (Lipinski definition) is 2. The van der Waals surface area contributed by atoms with E-state index in [2.05, 4.69) is 44.9 Å². The van der Waals surface area contributed by atoms with Gasteiger partial charge >= 0.3 is 0 Å². The Morgan fingerprint density at radius 3 is 2.67 bits per heavy atom. The third kappa shape index (κ3) is 2.88. The van der Waals surface area contributed by atoms with Gasteiger partial charge in [0.05, 0.1) is 6.33 Å². The second-order valence-corrected chi connectivity index (χ2v) is 3.81. The van der Waals surface area contributed by atoms with E-state index in [-0.39, 0.29) is 0 Å². The van der Waals surface area contributed by atoms with Gasteiger partial charge in [-0.1, -0.05) is 12.1 Å². The topological polar surface area (TPSA) is 54.2 Å². The summed E-state index contributed by atoms with van der Waals surface area (Å²) in [6.45, 7) is 0.748. The van der Waals surface area contributed by atoms with Crippen molar-refractivity contribution >= 4 is 5.96 Å². The molecule has 94 valence electrons. The third-order valence-electron chi connectivity index (χ3n) is 2.66. The average molecular weight is 243 g/mol. The minimum atomic E-state index is 0.748. The highest BCUT2D eigenvalue weighted by Crippen LogP contribution is 2.08. The molecular weight excluding hydrogens is 226 g/mol. The normalized spacial score (nSPS) is 11.3. The molecule has 0 aliphatic heterocycles. The molecule has 0 aliphatic rings. The van der Waals surface area contributed by atoms with Crippen molar-refractivity contribution in [1.29, 1.82) is 0 Å². The molecule has 2 rings (SSSR count). The van der Waals surface area contributed by atoms with E-state index in [4.69, 9.17) is 0 Å². The van der Waals surface area contributed by atoms with Crippen molar-refractivity contribution in [2.45, 2.75) is 6.54 Å². The van der Waals surface area contributed by atoms with Crippen LogP contribution in [0.25, 0.3) is 5.69 Å². The molecule has 1 aromatic carbocycles. The molecule has 5 nitrogen and oxygen atoms in total. The SMILES string of the molecule is CN=C(NC)NCc1ccc(-n2ccnc2)cc1. The summed E-state index contributed by atoms with van der Waals surface area (Å²) in [7, 11) is 3.60. The molecule has 0 spiro atoms. The molecule has 0 unspecified atom stereocenters. The molecule has 1 aromatic heterocycles. The number of aromatic nitrogens is 2. The fraction of sp³-hybridized carbons (Fsp3) is 0.231. The molecule has 0 fully saturated rings. The number of benzene rings is 1. The standard InChI is InChI=1S/C13H17N5/c1-14-13(15-2)17-9-11-3-5-12(6-4-11)18-8-7-16-10-18/h3-8,10H,9H2,1-2H3,(H2,14,15,17). The first kappa shape index (κ1) is 12.2. The molecule has 0 amide bonds. The van der Waals surface area contributed by atoms with Crippen molar-refractivity contribution in [1.82, 2.24) is 20.2 Å². The number of guanidine groups is 1. The Balaban J connectivity index is 2.00. The van der Waals surface area contributed by atoms with Crippen LogP contribution in [0.1, 0.15) is 5.56 Å². The van der Waals surface area contributed by atoms with Crippen LogP contribution in [-0.4, -0.2) is 29.6 Å². The molecule has 0 aliphatic carbocycles. The molecule has 0 saturated heterocycles. The molecule has 2 aromatic rings. The Morgan fingerprint density at radius 2 is 2.11 bits per heavy atom. The maximum atomic E-state index is 4.06. The van der Waals surface area contributed by atoms with Crippen molar-refractivity contribution in [2.24, 2.45) is 4.99 Å². The summed E-state index contributed by atoms with van der Waals surface area (Å²) in [5, 5.41) is 6.19. The van der Waals surface area contributed by atoms with Crippen molar-refractivity contribution in [3.8, 4) is 5.69 Å². The molecule has 0 saturated carbocycles. The fourth-order valence-corrected chi connectivity index (χ4v) is 1.66. The number of aliphatic imine (C=N–C) groups is 1. The van der Waals surface area contributed by atoms with Crippen molar-refractivity contribution in [3.05, 3.63) is 48.5 Å². The second kappa shape index (κ2) is 5.86. The fourth-order valence-electron chi connectivity index (χ4n) is 1.66. The van der Waals surface area contributed by atoms with Crippen LogP contribution in [0, 0.1) is 0 Å². The monoisotopic (exact) mass is 243 g/mol. The second-order valence-electron chi connectivity index (χ2n) is 3.81. The van der Waals surface area contributed by atoms with Gasteiger partial charge < -0.3 is 15.2 Å². The van der Waals surface area contributed by atoms with Crippen LogP contribution in [0.15, 0.2) is 48.0 Å². The first-order chi connectivity index (χ1) is 8.83. The Morgan fingerprint density at radius 1 is 1.33 bits per heavy atom. The van der Waals surface area contributed by atoms with Crippen LogP contribution < -0.4 is 10.6 Å². The van der Waals surface area contributed by atoms with Gasteiger partial charge in [0.15, 0.2) is 5.96 Å². The predicted molar refractivity (Wildman–Crippen MR) is 72.8 cm³/mol. The number of nitrogens with one attached hydrogen (secondary N) is 2. The largest absolute Gasteiger partial charge is 0.359 e. The zero-order valence-corrected chi connectivity index (χ0v) is 10.6. The smallest absolute Gasteiger partial charge is 0.190 e. The Kier molecular flexibility index (Phi) is 3.96. The Bertz CT molecular complexity index is 499. The van der Waals surface area contributed by atoms with Gasteiger partial charge in [0.25, 0.3) is 0 Å². The minimum Gasteiger partial charge on any atom is -0.359 e. The highest BCUT2D eigenvalue weighted by molar-refractivity contribution is 5.79. The highest BCUT2D eigenvalue weighted by Gasteiger charge is 1.98. The third-order valence-corrected chi connectivity index (χ3v) is 2.66. The minimum absolute atomic E-state index is 0.748. The van der Waals surface area contributed by atoms with Crippen LogP contribution >= 0.6 is 0 Å². The van der Waals surface area contributed by atoms with Gasteiger partial charge in [-0.05, 0) is 17.7 Å². The van der Waals surface area contributed by atoms with E-state index >= 15 is 0 Å². The number of nitrogens with zero attached hydrogens (tertiary/aromatic N) is 3. The molecule has 2 N–H and O–H groups in total. The summed E-state index contributed by atoms with van der Waals surface area (Å²) in [5.74, 6) is 0.786.